The van der Waals surface area contributed by atoms with Gasteiger partial charge in [-0.15, -0.1) is 10.2 Å². The van der Waals surface area contributed by atoms with E-state index in [0.29, 0.717) is 11.8 Å². The van der Waals surface area contributed by atoms with Crippen molar-refractivity contribution in [2.45, 2.75) is 0 Å². The van der Waals surface area contributed by atoms with Crippen molar-refractivity contribution in [1.29, 1.82) is 0 Å². The van der Waals surface area contributed by atoms with Gasteiger partial charge in [0.1, 0.15) is 0 Å². The van der Waals surface area contributed by atoms with E-state index in [4.69, 9.17) is 4.42 Å². The van der Waals surface area contributed by atoms with Crippen LogP contribution in [0.25, 0.3) is 22.9 Å². The second-order valence-corrected chi connectivity index (χ2v) is 5.53. The molecule has 0 aliphatic carbocycles. The van der Waals surface area contributed by atoms with Crippen molar-refractivity contribution in [3.63, 3.8) is 0 Å². The van der Waals surface area contributed by atoms with E-state index in [2.05, 4.69) is 52.0 Å². The van der Waals surface area contributed by atoms with Gasteiger partial charge in [0.2, 0.25) is 11.8 Å². The summed E-state index contributed by atoms with van der Waals surface area (Å²) < 4.78 is 7.33. The SMILES string of the molecule is Brc1cncc(-c2nnc(-c3cncc(Br)c3)o2)c1. The molecule has 0 spiro atoms. The molecule has 5 nitrogen and oxygen atoms in total. The van der Waals surface area contributed by atoms with E-state index in [9.17, 15) is 0 Å². The fourth-order valence-corrected chi connectivity index (χ4v) is 2.24. The molecule has 0 saturated heterocycles. The van der Waals surface area contributed by atoms with Crippen LogP contribution in [-0.2, 0) is 0 Å². The summed E-state index contributed by atoms with van der Waals surface area (Å²) in [5, 5.41) is 8.03. The van der Waals surface area contributed by atoms with Gasteiger partial charge in [0, 0.05) is 33.7 Å². The third-order valence-electron chi connectivity index (χ3n) is 2.33. The lowest BCUT2D eigenvalue weighted by Crippen LogP contribution is -1.80. The number of aromatic nitrogens is 4. The average Bonchev–Trinajstić information content (AvgIpc) is 2.88. The average molecular weight is 382 g/mol. The Morgan fingerprint density at radius 2 is 1.21 bits per heavy atom. The summed E-state index contributed by atoms with van der Waals surface area (Å²) in [4.78, 5) is 8.12. The molecule has 0 fully saturated rings. The van der Waals surface area contributed by atoms with Gasteiger partial charge in [-0.1, -0.05) is 0 Å². The van der Waals surface area contributed by atoms with Crippen molar-refractivity contribution in [2.24, 2.45) is 0 Å². The first-order valence-corrected chi connectivity index (χ1v) is 6.86. The zero-order valence-electron chi connectivity index (χ0n) is 9.42. The van der Waals surface area contributed by atoms with E-state index in [0.717, 1.165) is 20.1 Å². The summed E-state index contributed by atoms with van der Waals surface area (Å²) in [6.45, 7) is 0. The first kappa shape index (κ1) is 12.4. The van der Waals surface area contributed by atoms with E-state index >= 15 is 0 Å². The minimum atomic E-state index is 0.420. The Morgan fingerprint density at radius 3 is 1.63 bits per heavy atom. The predicted molar refractivity (Wildman–Crippen MR) is 76.2 cm³/mol. The van der Waals surface area contributed by atoms with Crippen LogP contribution in [-0.4, -0.2) is 20.2 Å². The molecule has 0 aromatic carbocycles. The normalized spacial score (nSPS) is 10.6. The molecule has 0 N–H and O–H groups in total. The summed E-state index contributed by atoms with van der Waals surface area (Å²) in [6.07, 6.45) is 6.72. The Bertz CT molecular complexity index is 669. The molecule has 3 aromatic heterocycles. The van der Waals surface area contributed by atoms with Gasteiger partial charge >= 0.3 is 0 Å². The van der Waals surface area contributed by atoms with Crippen molar-refractivity contribution in [3.8, 4) is 22.9 Å². The maximum atomic E-state index is 5.62. The van der Waals surface area contributed by atoms with Crippen LogP contribution in [0.1, 0.15) is 0 Å². The molecule has 0 saturated carbocycles. The topological polar surface area (TPSA) is 64.7 Å². The van der Waals surface area contributed by atoms with Crippen LogP contribution in [0.4, 0.5) is 0 Å². The summed E-state index contributed by atoms with van der Waals surface area (Å²) in [5.41, 5.74) is 1.52. The predicted octanol–water partition coefficient (Wildman–Crippen LogP) is 3.72. The molecular formula is C12H6Br2N4O. The maximum Gasteiger partial charge on any atom is 0.249 e. The standard InChI is InChI=1S/C12H6Br2N4O/c13-9-1-7(3-15-5-9)11-17-18-12(19-11)8-2-10(14)6-16-4-8/h1-6H. The van der Waals surface area contributed by atoms with E-state index < -0.39 is 0 Å². The first-order chi connectivity index (χ1) is 9.22. The summed E-state index contributed by atoms with van der Waals surface area (Å²) in [6, 6.07) is 3.73. The number of nitrogens with zero attached hydrogens (tertiary/aromatic N) is 4. The highest BCUT2D eigenvalue weighted by atomic mass is 79.9. The van der Waals surface area contributed by atoms with Crippen LogP contribution in [0.3, 0.4) is 0 Å². The van der Waals surface area contributed by atoms with Crippen molar-refractivity contribution in [2.75, 3.05) is 0 Å². The summed E-state index contributed by atoms with van der Waals surface area (Å²) in [5.74, 6) is 0.840. The van der Waals surface area contributed by atoms with Crippen LogP contribution < -0.4 is 0 Å². The molecule has 3 heterocycles. The third kappa shape index (κ3) is 2.71. The smallest absolute Gasteiger partial charge is 0.249 e. The van der Waals surface area contributed by atoms with Gasteiger partial charge in [-0.2, -0.15) is 0 Å². The van der Waals surface area contributed by atoms with Gasteiger partial charge in [0.15, 0.2) is 0 Å². The molecule has 0 bridgehead atoms. The molecule has 0 amide bonds. The molecule has 3 rings (SSSR count). The highest BCUT2D eigenvalue weighted by Crippen LogP contribution is 2.25. The number of hydrogen-bond acceptors (Lipinski definition) is 5. The van der Waals surface area contributed by atoms with E-state index in [1.807, 2.05) is 12.1 Å². The molecule has 7 heteroatoms. The van der Waals surface area contributed by atoms with E-state index in [1.165, 1.54) is 0 Å². The van der Waals surface area contributed by atoms with Crippen LogP contribution in [0.5, 0.6) is 0 Å². The molecule has 0 radical (unpaired) electrons. The fraction of sp³-hybridized carbons (Fsp3) is 0. The lowest BCUT2D eigenvalue weighted by Gasteiger charge is -1.95. The number of halogens is 2. The summed E-state index contributed by atoms with van der Waals surface area (Å²) in [7, 11) is 0. The fourth-order valence-electron chi connectivity index (χ4n) is 1.51. The van der Waals surface area contributed by atoms with Gasteiger partial charge < -0.3 is 4.42 Å². The number of rotatable bonds is 2. The van der Waals surface area contributed by atoms with Crippen LogP contribution >= 0.6 is 31.9 Å². The maximum absolute atomic E-state index is 5.62. The Labute approximate surface area is 125 Å². The molecule has 19 heavy (non-hydrogen) atoms. The van der Waals surface area contributed by atoms with Crippen molar-refractivity contribution in [3.05, 3.63) is 45.9 Å². The van der Waals surface area contributed by atoms with Gasteiger partial charge in [-0.3, -0.25) is 9.97 Å². The van der Waals surface area contributed by atoms with Gasteiger partial charge in [0.25, 0.3) is 0 Å². The molecule has 3 aromatic rings. The Balaban J connectivity index is 2.00. The van der Waals surface area contributed by atoms with Gasteiger partial charge in [0.05, 0.1) is 11.1 Å². The second-order valence-electron chi connectivity index (χ2n) is 3.70. The van der Waals surface area contributed by atoms with E-state index in [1.54, 1.807) is 24.8 Å². The zero-order valence-corrected chi connectivity index (χ0v) is 12.6. The minimum Gasteiger partial charge on any atom is -0.416 e. The minimum absolute atomic E-state index is 0.420. The molecule has 0 atom stereocenters. The largest absolute Gasteiger partial charge is 0.416 e. The van der Waals surface area contributed by atoms with Gasteiger partial charge in [-0.25, -0.2) is 0 Å². The molecule has 0 aliphatic heterocycles. The van der Waals surface area contributed by atoms with Crippen LogP contribution in [0, 0.1) is 0 Å². The Morgan fingerprint density at radius 1 is 0.737 bits per heavy atom. The Kier molecular flexibility index (Phi) is 3.39. The van der Waals surface area contributed by atoms with Gasteiger partial charge in [-0.05, 0) is 44.0 Å². The first-order valence-electron chi connectivity index (χ1n) is 5.28. The molecule has 0 unspecified atom stereocenters. The van der Waals surface area contributed by atoms with Crippen LogP contribution in [0.15, 0.2) is 50.3 Å². The Hall–Kier alpha value is -1.60. The number of hydrogen-bond donors (Lipinski definition) is 0. The monoisotopic (exact) mass is 380 g/mol. The molecular weight excluding hydrogens is 376 g/mol. The second kappa shape index (κ2) is 5.18. The molecule has 94 valence electrons. The van der Waals surface area contributed by atoms with Crippen molar-refractivity contribution < 1.29 is 4.42 Å². The highest BCUT2D eigenvalue weighted by molar-refractivity contribution is 9.10. The zero-order chi connectivity index (χ0) is 13.2. The lowest BCUT2D eigenvalue weighted by molar-refractivity contribution is 0.584. The highest BCUT2D eigenvalue weighted by Gasteiger charge is 2.11. The van der Waals surface area contributed by atoms with Crippen molar-refractivity contribution in [1.82, 2.24) is 20.2 Å². The number of pyridine rings is 2. The molecule has 0 aliphatic rings. The van der Waals surface area contributed by atoms with Crippen LogP contribution in [0.2, 0.25) is 0 Å². The third-order valence-corrected chi connectivity index (χ3v) is 3.20. The lowest BCUT2D eigenvalue weighted by atomic mass is 10.3. The van der Waals surface area contributed by atoms with E-state index in [-0.39, 0.29) is 0 Å². The quantitative estimate of drug-likeness (QED) is 0.676. The summed E-state index contributed by atoms with van der Waals surface area (Å²) >= 11 is 6.70. The van der Waals surface area contributed by atoms with Crippen molar-refractivity contribution >= 4 is 31.9 Å².